The van der Waals surface area contributed by atoms with E-state index in [1.807, 2.05) is 37.3 Å². The minimum Gasteiger partial charge on any atom is -0.493 e. The van der Waals surface area contributed by atoms with Crippen LogP contribution in [0, 0.1) is 0 Å². The fraction of sp³-hybridized carbons (Fsp3) is 0.364. The summed E-state index contributed by atoms with van der Waals surface area (Å²) in [6.07, 6.45) is 3.23. The average molecular weight is 384 g/mol. The van der Waals surface area contributed by atoms with Crippen molar-refractivity contribution in [3.63, 3.8) is 0 Å². The Morgan fingerprint density at radius 2 is 1.79 bits per heavy atom. The van der Waals surface area contributed by atoms with Gasteiger partial charge in [-0.3, -0.25) is 4.79 Å². The van der Waals surface area contributed by atoms with Gasteiger partial charge in [0.15, 0.2) is 18.1 Å². The SMILES string of the molecule is CCOc1ccc(/C=N/OCC(=O)Nc2c(CC)cccc2CC)cc1OC. The zero-order valence-electron chi connectivity index (χ0n) is 17.0. The van der Waals surface area contributed by atoms with E-state index in [-0.39, 0.29) is 12.5 Å². The predicted molar refractivity (Wildman–Crippen MR) is 112 cm³/mol. The van der Waals surface area contributed by atoms with Crippen LogP contribution in [-0.2, 0) is 22.5 Å². The average Bonchev–Trinajstić information content (AvgIpc) is 2.72. The Balaban J connectivity index is 1.94. The summed E-state index contributed by atoms with van der Waals surface area (Å²) in [6.45, 7) is 6.44. The monoisotopic (exact) mass is 384 g/mol. The molecule has 2 aromatic carbocycles. The molecular weight excluding hydrogens is 356 g/mol. The van der Waals surface area contributed by atoms with Crippen molar-refractivity contribution in [2.75, 3.05) is 25.6 Å². The Kier molecular flexibility index (Phi) is 8.34. The van der Waals surface area contributed by atoms with Gasteiger partial charge in [-0.15, -0.1) is 0 Å². The lowest BCUT2D eigenvalue weighted by atomic mass is 10.0. The van der Waals surface area contributed by atoms with Crippen molar-refractivity contribution in [2.24, 2.45) is 5.16 Å². The number of anilines is 1. The van der Waals surface area contributed by atoms with Crippen LogP contribution in [0.15, 0.2) is 41.6 Å². The number of nitrogens with one attached hydrogen (secondary N) is 1. The number of oxime groups is 1. The molecule has 1 N–H and O–H groups in total. The third kappa shape index (κ3) is 5.74. The van der Waals surface area contributed by atoms with Gasteiger partial charge in [0.05, 0.1) is 19.9 Å². The van der Waals surface area contributed by atoms with E-state index >= 15 is 0 Å². The molecule has 6 nitrogen and oxygen atoms in total. The molecule has 0 aliphatic carbocycles. The minimum absolute atomic E-state index is 0.161. The molecule has 0 radical (unpaired) electrons. The van der Waals surface area contributed by atoms with Gasteiger partial charge in [-0.05, 0) is 49.1 Å². The van der Waals surface area contributed by atoms with Crippen molar-refractivity contribution in [1.29, 1.82) is 0 Å². The van der Waals surface area contributed by atoms with Gasteiger partial charge in [-0.2, -0.15) is 0 Å². The fourth-order valence-electron chi connectivity index (χ4n) is 2.81. The second-order valence-corrected chi connectivity index (χ2v) is 6.06. The molecule has 1 amide bonds. The first-order valence-corrected chi connectivity index (χ1v) is 9.49. The summed E-state index contributed by atoms with van der Waals surface area (Å²) in [7, 11) is 1.58. The highest BCUT2D eigenvalue weighted by atomic mass is 16.6. The third-order valence-corrected chi connectivity index (χ3v) is 4.22. The van der Waals surface area contributed by atoms with E-state index in [1.165, 1.54) is 6.21 Å². The largest absolute Gasteiger partial charge is 0.493 e. The van der Waals surface area contributed by atoms with E-state index < -0.39 is 0 Å². The summed E-state index contributed by atoms with van der Waals surface area (Å²) in [4.78, 5) is 17.4. The molecule has 0 saturated carbocycles. The Labute approximate surface area is 166 Å². The van der Waals surface area contributed by atoms with Crippen molar-refractivity contribution < 1.29 is 19.1 Å². The molecular formula is C22H28N2O4. The lowest BCUT2D eigenvalue weighted by Gasteiger charge is -2.13. The number of rotatable bonds is 10. The summed E-state index contributed by atoms with van der Waals surface area (Å²) in [5, 5.41) is 6.82. The lowest BCUT2D eigenvalue weighted by Crippen LogP contribution is -2.19. The van der Waals surface area contributed by atoms with E-state index in [0.29, 0.717) is 18.1 Å². The number of aryl methyl sites for hydroxylation is 2. The zero-order chi connectivity index (χ0) is 20.4. The lowest BCUT2D eigenvalue weighted by molar-refractivity contribution is -0.120. The van der Waals surface area contributed by atoms with Gasteiger partial charge in [0.25, 0.3) is 5.91 Å². The topological polar surface area (TPSA) is 69.2 Å². The molecule has 0 saturated heterocycles. The highest BCUT2D eigenvalue weighted by Gasteiger charge is 2.10. The van der Waals surface area contributed by atoms with Crippen molar-refractivity contribution >= 4 is 17.8 Å². The van der Waals surface area contributed by atoms with E-state index in [2.05, 4.69) is 24.3 Å². The number of methoxy groups -OCH3 is 1. The molecule has 0 bridgehead atoms. The maximum atomic E-state index is 12.2. The van der Waals surface area contributed by atoms with E-state index in [0.717, 1.165) is 35.2 Å². The van der Waals surface area contributed by atoms with Crippen LogP contribution in [0.4, 0.5) is 5.69 Å². The van der Waals surface area contributed by atoms with E-state index in [1.54, 1.807) is 13.2 Å². The van der Waals surface area contributed by atoms with Crippen LogP contribution >= 0.6 is 0 Å². The smallest absolute Gasteiger partial charge is 0.265 e. The maximum Gasteiger partial charge on any atom is 0.265 e. The molecule has 0 heterocycles. The van der Waals surface area contributed by atoms with Gasteiger partial charge < -0.3 is 19.6 Å². The Morgan fingerprint density at radius 3 is 2.39 bits per heavy atom. The van der Waals surface area contributed by atoms with Gasteiger partial charge in [0, 0.05) is 11.3 Å². The molecule has 0 aromatic heterocycles. The minimum atomic E-state index is -0.239. The van der Waals surface area contributed by atoms with Crippen LogP contribution in [0.1, 0.15) is 37.5 Å². The molecule has 0 aliphatic heterocycles. The quantitative estimate of drug-likeness (QED) is 0.492. The molecule has 28 heavy (non-hydrogen) atoms. The fourth-order valence-corrected chi connectivity index (χ4v) is 2.81. The molecule has 6 heteroatoms. The number of carbonyl (C=O) groups is 1. The summed E-state index contributed by atoms with van der Waals surface area (Å²) in [6, 6.07) is 11.5. The van der Waals surface area contributed by atoms with Gasteiger partial charge >= 0.3 is 0 Å². The summed E-state index contributed by atoms with van der Waals surface area (Å²) in [5.41, 5.74) is 3.88. The predicted octanol–water partition coefficient (Wildman–Crippen LogP) is 4.21. The van der Waals surface area contributed by atoms with Gasteiger partial charge in [-0.25, -0.2) is 0 Å². The number of amides is 1. The summed E-state index contributed by atoms with van der Waals surface area (Å²) >= 11 is 0. The molecule has 0 unspecified atom stereocenters. The number of para-hydroxylation sites is 1. The molecule has 0 atom stereocenters. The van der Waals surface area contributed by atoms with Gasteiger partial charge in [-0.1, -0.05) is 37.2 Å². The highest BCUT2D eigenvalue weighted by Crippen LogP contribution is 2.27. The number of nitrogens with zero attached hydrogens (tertiary/aromatic N) is 1. The molecule has 0 fully saturated rings. The van der Waals surface area contributed by atoms with Crippen molar-refractivity contribution in [3.05, 3.63) is 53.1 Å². The molecule has 0 aliphatic rings. The Hall–Kier alpha value is -3.02. The molecule has 0 spiro atoms. The Bertz CT molecular complexity index is 796. The van der Waals surface area contributed by atoms with Crippen LogP contribution in [0.5, 0.6) is 11.5 Å². The van der Waals surface area contributed by atoms with Crippen LogP contribution in [0.3, 0.4) is 0 Å². The van der Waals surface area contributed by atoms with Crippen molar-refractivity contribution in [2.45, 2.75) is 33.6 Å². The standard InChI is InChI=1S/C22H28N2O4/c1-5-17-9-8-10-18(6-2)22(17)24-21(25)15-28-23-14-16-11-12-19(27-7-3)20(13-16)26-4/h8-14H,5-7,15H2,1-4H3,(H,24,25)/b23-14+. The van der Waals surface area contributed by atoms with E-state index in [9.17, 15) is 4.79 Å². The van der Waals surface area contributed by atoms with Crippen LogP contribution in [0.25, 0.3) is 0 Å². The number of hydrogen-bond acceptors (Lipinski definition) is 5. The zero-order valence-corrected chi connectivity index (χ0v) is 17.0. The molecule has 2 rings (SSSR count). The Morgan fingerprint density at radius 1 is 1.07 bits per heavy atom. The van der Waals surface area contributed by atoms with Crippen LogP contribution in [-0.4, -0.2) is 32.4 Å². The van der Waals surface area contributed by atoms with Gasteiger partial charge in [0.2, 0.25) is 0 Å². The summed E-state index contributed by atoms with van der Waals surface area (Å²) < 4.78 is 10.8. The third-order valence-electron chi connectivity index (χ3n) is 4.22. The normalized spacial score (nSPS) is 10.7. The van der Waals surface area contributed by atoms with Crippen molar-refractivity contribution in [3.8, 4) is 11.5 Å². The summed E-state index contributed by atoms with van der Waals surface area (Å²) in [5.74, 6) is 1.05. The van der Waals surface area contributed by atoms with Gasteiger partial charge in [0.1, 0.15) is 0 Å². The first-order chi connectivity index (χ1) is 13.6. The molecule has 150 valence electrons. The first-order valence-electron chi connectivity index (χ1n) is 9.49. The number of benzene rings is 2. The first kappa shape index (κ1) is 21.3. The highest BCUT2D eigenvalue weighted by molar-refractivity contribution is 5.93. The maximum absolute atomic E-state index is 12.2. The van der Waals surface area contributed by atoms with Crippen LogP contribution < -0.4 is 14.8 Å². The molecule has 2 aromatic rings. The van der Waals surface area contributed by atoms with Crippen molar-refractivity contribution in [1.82, 2.24) is 0 Å². The van der Waals surface area contributed by atoms with Crippen LogP contribution in [0.2, 0.25) is 0 Å². The number of carbonyl (C=O) groups excluding carboxylic acids is 1. The second kappa shape index (κ2) is 11.0. The number of ether oxygens (including phenoxy) is 2. The number of hydrogen-bond donors (Lipinski definition) is 1. The second-order valence-electron chi connectivity index (χ2n) is 6.06. The van der Waals surface area contributed by atoms with E-state index in [4.69, 9.17) is 14.3 Å².